The lowest BCUT2D eigenvalue weighted by atomic mass is 9.86. The predicted molar refractivity (Wildman–Crippen MR) is 166 cm³/mol. The van der Waals surface area contributed by atoms with E-state index in [0.29, 0.717) is 37.8 Å². The highest BCUT2D eigenvalue weighted by Crippen LogP contribution is 2.46. The number of nitrogens with zero attached hydrogens (tertiary/aromatic N) is 1. The van der Waals surface area contributed by atoms with Crippen molar-refractivity contribution in [1.82, 2.24) is 14.9 Å². The third-order valence-electron chi connectivity index (χ3n) is 7.98. The SMILES string of the molecule is CCN(CC1=C(c2ccccc2)S(=O)(=O)NC12CCCC2)C(=O)C(CCCc1ccccc1)NC(=O)C(C)(C)N.Cl. The average Bonchev–Trinajstić information content (AvgIpc) is 3.47. The molecule has 0 bridgehead atoms. The van der Waals surface area contributed by atoms with Crippen molar-refractivity contribution in [3.63, 3.8) is 0 Å². The number of carbonyl (C=O) groups excluding carboxylic acids is 2. The van der Waals surface area contributed by atoms with Crippen molar-refractivity contribution in [2.75, 3.05) is 13.1 Å². The Kier molecular flexibility index (Phi) is 10.8. The van der Waals surface area contributed by atoms with E-state index < -0.39 is 33.1 Å². The van der Waals surface area contributed by atoms with E-state index in [1.54, 1.807) is 30.9 Å². The summed E-state index contributed by atoms with van der Waals surface area (Å²) >= 11 is 0. The molecular weight excluding hydrogens is 560 g/mol. The van der Waals surface area contributed by atoms with Gasteiger partial charge in [0.25, 0.3) is 0 Å². The molecule has 1 spiro atoms. The zero-order valence-electron chi connectivity index (χ0n) is 24.2. The van der Waals surface area contributed by atoms with Crippen LogP contribution >= 0.6 is 12.4 Å². The monoisotopic (exact) mass is 602 g/mol. The van der Waals surface area contributed by atoms with Crippen molar-refractivity contribution in [1.29, 1.82) is 0 Å². The van der Waals surface area contributed by atoms with Gasteiger partial charge in [-0.05, 0) is 69.6 Å². The van der Waals surface area contributed by atoms with Gasteiger partial charge in [0.1, 0.15) is 6.04 Å². The van der Waals surface area contributed by atoms with Crippen molar-refractivity contribution in [3.8, 4) is 0 Å². The summed E-state index contributed by atoms with van der Waals surface area (Å²) in [6, 6.07) is 18.4. The van der Waals surface area contributed by atoms with Crippen LogP contribution in [0.25, 0.3) is 4.91 Å². The minimum atomic E-state index is -3.76. The molecule has 0 aromatic heterocycles. The van der Waals surface area contributed by atoms with Gasteiger partial charge in [-0.2, -0.15) is 0 Å². The summed E-state index contributed by atoms with van der Waals surface area (Å²) in [5.41, 5.74) is 6.74. The average molecular weight is 603 g/mol. The lowest BCUT2D eigenvalue weighted by Gasteiger charge is -2.33. The number of likely N-dealkylation sites (N-methyl/N-ethyl adjacent to an activating group) is 1. The van der Waals surface area contributed by atoms with E-state index in [-0.39, 0.29) is 29.8 Å². The molecule has 4 N–H and O–H groups in total. The number of benzene rings is 2. The first-order valence-corrected chi connectivity index (χ1v) is 15.7. The fourth-order valence-corrected chi connectivity index (χ4v) is 7.76. The fourth-order valence-electron chi connectivity index (χ4n) is 5.79. The van der Waals surface area contributed by atoms with E-state index >= 15 is 0 Å². The van der Waals surface area contributed by atoms with Crippen LogP contribution in [0.4, 0.5) is 0 Å². The summed E-state index contributed by atoms with van der Waals surface area (Å²) in [7, 11) is -3.76. The van der Waals surface area contributed by atoms with Gasteiger partial charge in [0, 0.05) is 13.1 Å². The normalized spacial score (nSPS) is 18.1. The fraction of sp³-hybridized carbons (Fsp3) is 0.484. The number of hydrogen-bond donors (Lipinski definition) is 3. The first kappa shape index (κ1) is 32.8. The Hall–Kier alpha value is -2.72. The zero-order chi connectivity index (χ0) is 29.0. The standard InChI is InChI=1S/C31H42N4O4S.ClH/c1-4-35(28(36)26(33-29(37)30(2,3)32)19-13-16-23-14-7-5-8-15-23)22-25-27(24-17-9-6-10-18-24)40(38,39)34-31(25)20-11-12-21-31;/h5-10,14-15,17-18,26,34H,4,11-13,16,19-22,32H2,1-3H3,(H,33,37);1H. The second-order valence-electron chi connectivity index (χ2n) is 11.5. The summed E-state index contributed by atoms with van der Waals surface area (Å²) in [6.07, 6.45) is 5.13. The number of aryl methyl sites for hydroxylation is 1. The number of nitrogens with two attached hydrogens (primary N) is 1. The minimum Gasteiger partial charge on any atom is -0.343 e. The van der Waals surface area contributed by atoms with Crippen molar-refractivity contribution in [2.24, 2.45) is 5.73 Å². The van der Waals surface area contributed by atoms with E-state index in [0.717, 1.165) is 30.4 Å². The van der Waals surface area contributed by atoms with E-state index in [4.69, 9.17) is 5.73 Å². The molecule has 4 rings (SSSR count). The summed E-state index contributed by atoms with van der Waals surface area (Å²) in [5.74, 6) is -0.631. The molecule has 1 aliphatic heterocycles. The molecule has 2 aromatic rings. The lowest BCUT2D eigenvalue weighted by molar-refractivity contribution is -0.137. The number of nitrogens with one attached hydrogen (secondary N) is 2. The first-order chi connectivity index (χ1) is 19.0. The molecule has 1 atom stereocenters. The Morgan fingerprint density at radius 3 is 2.20 bits per heavy atom. The van der Waals surface area contributed by atoms with Gasteiger partial charge in [0.15, 0.2) is 0 Å². The van der Waals surface area contributed by atoms with Crippen LogP contribution in [0.1, 0.15) is 70.4 Å². The van der Waals surface area contributed by atoms with Crippen molar-refractivity contribution < 1.29 is 18.0 Å². The molecular formula is C31H43ClN4O4S. The van der Waals surface area contributed by atoms with Crippen LogP contribution in [-0.2, 0) is 26.0 Å². The van der Waals surface area contributed by atoms with Crippen molar-refractivity contribution in [2.45, 2.75) is 82.8 Å². The molecule has 0 saturated heterocycles. The highest BCUT2D eigenvalue weighted by atomic mass is 35.5. The number of sulfonamides is 1. The molecule has 1 fully saturated rings. The second kappa shape index (κ2) is 13.5. The third-order valence-corrected chi connectivity index (χ3v) is 9.65. The molecule has 224 valence electrons. The molecule has 2 aromatic carbocycles. The van der Waals surface area contributed by atoms with Crippen molar-refractivity contribution in [3.05, 3.63) is 77.4 Å². The Bertz CT molecular complexity index is 1340. The summed E-state index contributed by atoms with van der Waals surface area (Å²) < 4.78 is 30.0. The van der Waals surface area contributed by atoms with Crippen LogP contribution in [0.3, 0.4) is 0 Å². The van der Waals surface area contributed by atoms with Gasteiger partial charge >= 0.3 is 0 Å². The number of carbonyl (C=O) groups is 2. The smallest absolute Gasteiger partial charge is 0.245 e. The predicted octanol–water partition coefficient (Wildman–Crippen LogP) is 4.16. The van der Waals surface area contributed by atoms with Crippen LogP contribution in [0, 0.1) is 0 Å². The van der Waals surface area contributed by atoms with Crippen LogP contribution in [0.5, 0.6) is 0 Å². The van der Waals surface area contributed by atoms with Gasteiger partial charge in [0.05, 0.1) is 16.0 Å². The lowest BCUT2D eigenvalue weighted by Crippen LogP contribution is -2.57. The Labute approximate surface area is 250 Å². The Morgan fingerprint density at radius 2 is 1.63 bits per heavy atom. The van der Waals surface area contributed by atoms with Gasteiger partial charge in [0.2, 0.25) is 21.8 Å². The molecule has 10 heteroatoms. The summed E-state index contributed by atoms with van der Waals surface area (Å²) in [5, 5.41) is 2.90. The van der Waals surface area contributed by atoms with Crippen LogP contribution < -0.4 is 15.8 Å². The number of rotatable bonds is 11. The van der Waals surface area contributed by atoms with Gasteiger partial charge in [-0.25, -0.2) is 13.1 Å². The molecule has 41 heavy (non-hydrogen) atoms. The summed E-state index contributed by atoms with van der Waals surface area (Å²) in [4.78, 5) is 28.9. The molecule has 1 unspecified atom stereocenters. The topological polar surface area (TPSA) is 122 Å². The van der Waals surface area contributed by atoms with Crippen LogP contribution in [0.2, 0.25) is 0 Å². The Balaban J connectivity index is 0.00000462. The maximum Gasteiger partial charge on any atom is 0.245 e. The van der Waals surface area contributed by atoms with Gasteiger partial charge < -0.3 is 16.0 Å². The first-order valence-electron chi connectivity index (χ1n) is 14.2. The minimum absolute atomic E-state index is 0. The largest absolute Gasteiger partial charge is 0.343 e. The quantitative estimate of drug-likeness (QED) is 0.357. The van der Waals surface area contributed by atoms with E-state index in [2.05, 4.69) is 10.0 Å². The number of halogens is 1. The molecule has 0 radical (unpaired) electrons. The van der Waals surface area contributed by atoms with Gasteiger partial charge in [-0.15, -0.1) is 12.4 Å². The van der Waals surface area contributed by atoms with E-state index in [1.165, 1.54) is 0 Å². The highest BCUT2D eigenvalue weighted by molar-refractivity contribution is 7.99. The zero-order valence-corrected chi connectivity index (χ0v) is 25.8. The molecule has 2 amide bonds. The molecule has 8 nitrogen and oxygen atoms in total. The number of hydrogen-bond acceptors (Lipinski definition) is 5. The van der Waals surface area contributed by atoms with Gasteiger partial charge in [-0.3, -0.25) is 9.59 Å². The molecule has 2 aliphatic rings. The third kappa shape index (κ3) is 7.57. The van der Waals surface area contributed by atoms with Gasteiger partial charge in [-0.1, -0.05) is 73.5 Å². The van der Waals surface area contributed by atoms with Crippen molar-refractivity contribution >= 4 is 39.1 Å². The summed E-state index contributed by atoms with van der Waals surface area (Å²) in [6.45, 7) is 5.65. The Morgan fingerprint density at radius 1 is 1.05 bits per heavy atom. The maximum absolute atomic E-state index is 14.1. The maximum atomic E-state index is 14.1. The second-order valence-corrected chi connectivity index (χ2v) is 13.2. The molecule has 1 saturated carbocycles. The number of amides is 2. The van der Waals surface area contributed by atoms with E-state index in [9.17, 15) is 18.0 Å². The van der Waals surface area contributed by atoms with Crippen LogP contribution in [-0.4, -0.2) is 55.3 Å². The molecule has 1 aliphatic carbocycles. The van der Waals surface area contributed by atoms with E-state index in [1.807, 2.05) is 55.5 Å². The highest BCUT2D eigenvalue weighted by Gasteiger charge is 2.50. The van der Waals surface area contributed by atoms with Crippen LogP contribution in [0.15, 0.2) is 66.2 Å². The molecule has 1 heterocycles.